The molecule has 0 radical (unpaired) electrons. The zero-order chi connectivity index (χ0) is 18.0. The van der Waals surface area contributed by atoms with E-state index in [1.807, 2.05) is 31.2 Å². The van der Waals surface area contributed by atoms with Crippen LogP contribution < -0.4 is 4.87 Å². The van der Waals surface area contributed by atoms with Gasteiger partial charge in [-0.1, -0.05) is 41.7 Å². The van der Waals surface area contributed by atoms with Gasteiger partial charge in [0.2, 0.25) is 0 Å². The molecule has 1 aromatic heterocycles. The second-order valence-corrected chi connectivity index (χ2v) is 6.40. The number of hydrogen-bond donors (Lipinski definition) is 0. The average molecular weight is 357 g/mol. The van der Waals surface area contributed by atoms with Crippen LogP contribution in [0.1, 0.15) is 21.5 Å². The molecule has 0 aliphatic heterocycles. The van der Waals surface area contributed by atoms with Crippen LogP contribution in [0.2, 0.25) is 0 Å². The molecule has 0 saturated heterocycles. The van der Waals surface area contributed by atoms with Gasteiger partial charge < -0.3 is 4.74 Å². The highest BCUT2D eigenvalue weighted by molar-refractivity contribution is 7.07. The number of aromatic nitrogens is 1. The van der Waals surface area contributed by atoms with Gasteiger partial charge in [-0.25, -0.2) is 9.18 Å². The third-order valence-corrected chi connectivity index (χ3v) is 4.77. The van der Waals surface area contributed by atoms with Gasteiger partial charge in [-0.3, -0.25) is 9.36 Å². The van der Waals surface area contributed by atoms with Crippen LogP contribution in [0.25, 0.3) is 11.3 Å². The van der Waals surface area contributed by atoms with Crippen LogP contribution in [-0.4, -0.2) is 17.6 Å². The summed E-state index contributed by atoms with van der Waals surface area (Å²) in [7, 11) is 1.24. The molecule has 4 nitrogen and oxygen atoms in total. The molecule has 6 heteroatoms. The molecule has 0 amide bonds. The van der Waals surface area contributed by atoms with Crippen molar-refractivity contribution < 1.29 is 13.9 Å². The van der Waals surface area contributed by atoms with Crippen molar-refractivity contribution in [2.45, 2.75) is 13.5 Å². The van der Waals surface area contributed by atoms with Gasteiger partial charge in [0.1, 0.15) is 5.82 Å². The lowest BCUT2D eigenvalue weighted by Gasteiger charge is -2.12. The van der Waals surface area contributed by atoms with E-state index in [2.05, 4.69) is 0 Å². The molecular weight excluding hydrogens is 341 g/mol. The zero-order valence-corrected chi connectivity index (χ0v) is 14.6. The smallest absolute Gasteiger partial charge is 0.338 e. The quantitative estimate of drug-likeness (QED) is 0.666. The summed E-state index contributed by atoms with van der Waals surface area (Å²) < 4.78 is 19.8. The van der Waals surface area contributed by atoms with Gasteiger partial charge >= 0.3 is 10.8 Å². The highest BCUT2D eigenvalue weighted by Gasteiger charge is 2.17. The molecule has 1 heterocycles. The third kappa shape index (κ3) is 3.39. The van der Waals surface area contributed by atoms with Crippen LogP contribution in [0.5, 0.6) is 0 Å². The van der Waals surface area contributed by atoms with Gasteiger partial charge in [0, 0.05) is 10.9 Å². The van der Waals surface area contributed by atoms with E-state index in [-0.39, 0.29) is 17.0 Å². The van der Waals surface area contributed by atoms with Gasteiger partial charge in [-0.15, -0.1) is 0 Å². The Hall–Kier alpha value is -2.73. The van der Waals surface area contributed by atoms with E-state index in [0.29, 0.717) is 5.56 Å². The second-order valence-electron chi connectivity index (χ2n) is 5.58. The summed E-state index contributed by atoms with van der Waals surface area (Å²) in [4.78, 5) is 24.1. The van der Waals surface area contributed by atoms with Crippen LogP contribution in [0.15, 0.2) is 52.6 Å². The summed E-state index contributed by atoms with van der Waals surface area (Å²) in [6, 6.07) is 11.7. The Morgan fingerprint density at radius 1 is 1.24 bits per heavy atom. The Balaban J connectivity index is 2.09. The van der Waals surface area contributed by atoms with Crippen LogP contribution in [0.4, 0.5) is 4.39 Å². The lowest BCUT2D eigenvalue weighted by Crippen LogP contribution is -2.18. The van der Waals surface area contributed by atoms with Crippen LogP contribution in [-0.2, 0) is 11.3 Å². The summed E-state index contributed by atoms with van der Waals surface area (Å²) in [5.74, 6) is -1.16. The minimum absolute atomic E-state index is 0.122. The van der Waals surface area contributed by atoms with Gasteiger partial charge in [0.25, 0.3) is 0 Å². The fraction of sp³-hybridized carbons (Fsp3) is 0.158. The highest BCUT2D eigenvalue weighted by atomic mass is 32.1. The Bertz CT molecular complexity index is 990. The van der Waals surface area contributed by atoms with Gasteiger partial charge in [0.05, 0.1) is 24.9 Å². The first-order valence-corrected chi connectivity index (χ1v) is 8.50. The molecule has 3 rings (SSSR count). The number of rotatable bonds is 4. The number of esters is 1. The molecule has 25 heavy (non-hydrogen) atoms. The minimum atomic E-state index is -0.629. The Kier molecular flexibility index (Phi) is 4.81. The zero-order valence-electron chi connectivity index (χ0n) is 13.8. The molecule has 0 atom stereocenters. The number of thiazole rings is 1. The van der Waals surface area contributed by atoms with Gasteiger partial charge in [-0.2, -0.15) is 0 Å². The molecule has 0 bridgehead atoms. The molecule has 128 valence electrons. The predicted molar refractivity (Wildman–Crippen MR) is 95.6 cm³/mol. The van der Waals surface area contributed by atoms with Crippen molar-refractivity contribution in [1.29, 1.82) is 0 Å². The van der Waals surface area contributed by atoms with Crippen LogP contribution in [0, 0.1) is 12.7 Å². The summed E-state index contributed by atoms with van der Waals surface area (Å²) in [6.07, 6.45) is 0. The van der Waals surface area contributed by atoms with Crippen LogP contribution in [0.3, 0.4) is 0 Å². The van der Waals surface area contributed by atoms with Crippen LogP contribution >= 0.6 is 11.3 Å². The number of nitrogens with zero attached hydrogens (tertiary/aromatic N) is 1. The fourth-order valence-electron chi connectivity index (χ4n) is 2.71. The molecule has 0 unspecified atom stereocenters. The number of methoxy groups -OCH3 is 1. The Morgan fingerprint density at radius 2 is 2.00 bits per heavy atom. The maximum Gasteiger partial charge on any atom is 0.338 e. The molecule has 0 N–H and O–H groups in total. The fourth-order valence-corrected chi connectivity index (χ4v) is 3.46. The first-order valence-electron chi connectivity index (χ1n) is 7.62. The van der Waals surface area contributed by atoms with Crippen molar-refractivity contribution in [3.8, 4) is 11.3 Å². The summed E-state index contributed by atoms with van der Waals surface area (Å²) in [5, 5.41) is 1.80. The van der Waals surface area contributed by atoms with E-state index in [1.54, 1.807) is 9.95 Å². The lowest BCUT2D eigenvalue weighted by atomic mass is 10.0. The number of carbonyl (C=O) groups excluding carboxylic acids is 1. The van der Waals surface area contributed by atoms with E-state index in [0.717, 1.165) is 34.2 Å². The first-order chi connectivity index (χ1) is 12.0. The summed E-state index contributed by atoms with van der Waals surface area (Å²) in [6.45, 7) is 2.14. The Labute approximate surface area is 148 Å². The highest BCUT2D eigenvalue weighted by Crippen LogP contribution is 2.25. The van der Waals surface area contributed by atoms with Crippen molar-refractivity contribution >= 4 is 17.3 Å². The molecular formula is C19H16FNO3S. The monoisotopic (exact) mass is 357 g/mol. The van der Waals surface area contributed by atoms with E-state index in [1.165, 1.54) is 19.2 Å². The summed E-state index contributed by atoms with van der Waals surface area (Å²) in [5.41, 5.74) is 3.41. The molecule has 2 aromatic carbocycles. The number of ether oxygens (including phenoxy) is 1. The third-order valence-electron chi connectivity index (χ3n) is 4.01. The minimum Gasteiger partial charge on any atom is -0.465 e. The van der Waals surface area contributed by atoms with Crippen molar-refractivity contribution in [3.63, 3.8) is 0 Å². The standard InChI is InChI=1S/C19H16FNO3S/c1-12-5-3-4-6-15(12)17-11-25-19(23)21(17)10-13-7-8-14(20)9-16(13)18(22)24-2/h3-9,11H,10H2,1-2H3. The maximum absolute atomic E-state index is 13.5. The van der Waals surface area contributed by atoms with Crippen molar-refractivity contribution in [2.24, 2.45) is 0 Å². The SMILES string of the molecule is COC(=O)c1cc(F)ccc1Cn1c(-c2ccccc2C)csc1=O. The van der Waals surface area contributed by atoms with Gasteiger partial charge in [-0.05, 0) is 30.2 Å². The van der Waals surface area contributed by atoms with Crippen molar-refractivity contribution in [1.82, 2.24) is 4.57 Å². The predicted octanol–water partition coefficient (Wildman–Crippen LogP) is 3.86. The molecule has 0 fully saturated rings. The molecule has 0 saturated carbocycles. The topological polar surface area (TPSA) is 48.3 Å². The maximum atomic E-state index is 13.5. The van der Waals surface area contributed by atoms with Crippen molar-refractivity contribution in [2.75, 3.05) is 7.11 Å². The molecule has 0 aliphatic rings. The van der Waals surface area contributed by atoms with E-state index >= 15 is 0 Å². The molecule has 0 aliphatic carbocycles. The number of halogens is 1. The van der Waals surface area contributed by atoms with Gasteiger partial charge in [0.15, 0.2) is 0 Å². The van der Waals surface area contributed by atoms with E-state index < -0.39 is 11.8 Å². The van der Waals surface area contributed by atoms with E-state index in [4.69, 9.17) is 4.74 Å². The lowest BCUT2D eigenvalue weighted by molar-refractivity contribution is 0.0598. The summed E-state index contributed by atoms with van der Waals surface area (Å²) >= 11 is 1.09. The number of benzene rings is 2. The normalized spacial score (nSPS) is 10.7. The second kappa shape index (κ2) is 7.03. The first kappa shape index (κ1) is 17.1. The number of carbonyl (C=O) groups is 1. The van der Waals surface area contributed by atoms with Crippen molar-refractivity contribution in [3.05, 3.63) is 80.0 Å². The van der Waals surface area contributed by atoms with E-state index in [9.17, 15) is 14.0 Å². The molecule has 0 spiro atoms. The Morgan fingerprint density at radius 3 is 2.72 bits per heavy atom. The number of aryl methyl sites for hydroxylation is 1. The molecule has 3 aromatic rings. The average Bonchev–Trinajstić information content (AvgIpc) is 2.97. The largest absolute Gasteiger partial charge is 0.465 e. The number of hydrogen-bond acceptors (Lipinski definition) is 4.